The van der Waals surface area contributed by atoms with Crippen LogP contribution in [0.5, 0.6) is 0 Å². The molecule has 0 atom stereocenters. The molecule has 1 aromatic carbocycles. The van der Waals surface area contributed by atoms with Crippen LogP contribution < -0.4 is 0 Å². The van der Waals surface area contributed by atoms with Crippen LogP contribution in [0.15, 0.2) is 23.1 Å². The number of hydrogen-bond donors (Lipinski definition) is 0. The van der Waals surface area contributed by atoms with E-state index in [2.05, 4.69) is 11.8 Å². The van der Waals surface area contributed by atoms with Gasteiger partial charge in [0, 0.05) is 16.4 Å². The second kappa shape index (κ2) is 6.19. The number of benzene rings is 1. The molecular weight excluding hydrogens is 257 g/mol. The molecule has 0 nitrogen and oxygen atoms in total. The first-order chi connectivity index (χ1) is 8.31. The Morgan fingerprint density at radius 3 is 2.44 bits per heavy atom. The summed E-state index contributed by atoms with van der Waals surface area (Å²) in [4.78, 5) is 0.190. The normalized spacial score (nSPS) is 11.3. The van der Waals surface area contributed by atoms with Crippen molar-refractivity contribution in [3.05, 3.63) is 29.3 Å². The van der Waals surface area contributed by atoms with Crippen molar-refractivity contribution >= 4 is 11.8 Å². The van der Waals surface area contributed by atoms with Crippen molar-refractivity contribution in [2.75, 3.05) is 0 Å². The molecule has 98 valence electrons. The summed E-state index contributed by atoms with van der Waals surface area (Å²) in [5.74, 6) is 5.85. The Morgan fingerprint density at radius 2 is 1.94 bits per heavy atom. The molecule has 0 aliphatic carbocycles. The number of alkyl halides is 3. The van der Waals surface area contributed by atoms with Gasteiger partial charge in [0.2, 0.25) is 0 Å². The Labute approximate surface area is 110 Å². The summed E-state index contributed by atoms with van der Waals surface area (Å²) < 4.78 is 37.4. The van der Waals surface area contributed by atoms with Crippen LogP contribution in [0.1, 0.15) is 31.9 Å². The molecule has 0 aromatic heterocycles. The highest BCUT2D eigenvalue weighted by molar-refractivity contribution is 8.00. The fourth-order valence-corrected chi connectivity index (χ4v) is 2.01. The first-order valence-electron chi connectivity index (χ1n) is 5.72. The highest BCUT2D eigenvalue weighted by Crippen LogP contribution is 2.38. The molecule has 0 amide bonds. The van der Waals surface area contributed by atoms with Gasteiger partial charge in [-0.3, -0.25) is 0 Å². The number of thioether (sulfide) groups is 1. The molecule has 0 spiro atoms. The van der Waals surface area contributed by atoms with Crippen LogP contribution in [0.2, 0.25) is 0 Å². The first-order valence-corrected chi connectivity index (χ1v) is 6.53. The van der Waals surface area contributed by atoms with Gasteiger partial charge in [0.05, 0.1) is 0 Å². The van der Waals surface area contributed by atoms with Gasteiger partial charge in [-0.1, -0.05) is 38.7 Å². The summed E-state index contributed by atoms with van der Waals surface area (Å²) in [6.07, 6.45) is 0.712. The second-order valence-electron chi connectivity index (χ2n) is 4.16. The zero-order chi connectivity index (χ0) is 13.8. The average Bonchev–Trinajstić information content (AvgIpc) is 2.25. The molecule has 0 heterocycles. The van der Waals surface area contributed by atoms with Gasteiger partial charge in [0.15, 0.2) is 0 Å². The van der Waals surface area contributed by atoms with Crippen molar-refractivity contribution in [2.45, 2.75) is 37.6 Å². The molecule has 1 rings (SSSR count). The van der Waals surface area contributed by atoms with Crippen molar-refractivity contribution < 1.29 is 13.2 Å². The predicted molar refractivity (Wildman–Crippen MR) is 69.4 cm³/mol. The molecular formula is C14H15F3S. The van der Waals surface area contributed by atoms with E-state index in [1.54, 1.807) is 12.1 Å². The van der Waals surface area contributed by atoms with Gasteiger partial charge < -0.3 is 0 Å². The van der Waals surface area contributed by atoms with Crippen LogP contribution in [0.3, 0.4) is 0 Å². The van der Waals surface area contributed by atoms with Gasteiger partial charge in [0.25, 0.3) is 0 Å². The zero-order valence-corrected chi connectivity index (χ0v) is 11.4. The molecule has 1 aromatic rings. The third kappa shape index (κ3) is 5.05. The molecule has 0 saturated carbocycles. The van der Waals surface area contributed by atoms with Crippen molar-refractivity contribution in [3.8, 4) is 11.8 Å². The minimum Gasteiger partial charge on any atom is -0.160 e. The fraction of sp³-hybridized carbons (Fsp3) is 0.429. The van der Waals surface area contributed by atoms with Gasteiger partial charge >= 0.3 is 5.51 Å². The number of hydrogen-bond acceptors (Lipinski definition) is 1. The van der Waals surface area contributed by atoms with Crippen molar-refractivity contribution in [1.82, 2.24) is 0 Å². The Hall–Kier alpha value is -1.08. The molecule has 0 aliphatic heterocycles. The third-order valence-electron chi connectivity index (χ3n) is 2.18. The maximum atomic E-state index is 12.5. The summed E-state index contributed by atoms with van der Waals surface area (Å²) in [6.45, 7) is 5.73. The summed E-state index contributed by atoms with van der Waals surface area (Å²) in [6, 6.07) is 5.07. The van der Waals surface area contributed by atoms with Crippen molar-refractivity contribution in [1.29, 1.82) is 0 Å². The molecule has 0 fully saturated rings. The maximum absolute atomic E-state index is 12.5. The van der Waals surface area contributed by atoms with Crippen LogP contribution in [0.25, 0.3) is 0 Å². The first kappa shape index (κ1) is 15.0. The van der Waals surface area contributed by atoms with E-state index in [1.807, 2.05) is 26.8 Å². The Kier molecular flexibility index (Phi) is 5.15. The Bertz CT molecular complexity index is 464. The van der Waals surface area contributed by atoms with Crippen LogP contribution in [0, 0.1) is 17.8 Å². The van der Waals surface area contributed by atoms with E-state index in [0.29, 0.717) is 12.0 Å². The van der Waals surface area contributed by atoms with Crippen molar-refractivity contribution in [3.63, 3.8) is 0 Å². The largest absolute Gasteiger partial charge is 0.446 e. The van der Waals surface area contributed by atoms with Crippen LogP contribution in [0.4, 0.5) is 13.2 Å². The molecule has 0 aliphatic rings. The van der Waals surface area contributed by atoms with E-state index < -0.39 is 5.51 Å². The maximum Gasteiger partial charge on any atom is 0.446 e. The lowest BCUT2D eigenvalue weighted by molar-refractivity contribution is -0.0328. The molecule has 18 heavy (non-hydrogen) atoms. The minimum atomic E-state index is -4.28. The number of halogens is 3. The molecule has 0 N–H and O–H groups in total. The van der Waals surface area contributed by atoms with Crippen LogP contribution in [-0.2, 0) is 6.42 Å². The monoisotopic (exact) mass is 272 g/mol. The highest BCUT2D eigenvalue weighted by Gasteiger charge is 2.30. The van der Waals surface area contributed by atoms with Gasteiger partial charge in [-0.05, 0) is 35.9 Å². The smallest absolute Gasteiger partial charge is 0.160 e. The van der Waals surface area contributed by atoms with E-state index >= 15 is 0 Å². The SMILES string of the molecule is CCc1ccc(C#CC(C)C)c(SC(F)(F)F)c1. The van der Waals surface area contributed by atoms with Gasteiger partial charge in [-0.2, -0.15) is 13.2 Å². The van der Waals surface area contributed by atoms with Crippen molar-refractivity contribution in [2.24, 2.45) is 5.92 Å². The van der Waals surface area contributed by atoms with E-state index in [9.17, 15) is 13.2 Å². The summed E-state index contributed by atoms with van der Waals surface area (Å²) in [5, 5.41) is 0. The molecule has 0 bridgehead atoms. The Morgan fingerprint density at radius 1 is 1.28 bits per heavy atom. The van der Waals surface area contributed by atoms with E-state index in [4.69, 9.17) is 0 Å². The van der Waals surface area contributed by atoms with Gasteiger partial charge in [-0.15, -0.1) is 0 Å². The van der Waals surface area contributed by atoms with Crippen LogP contribution in [-0.4, -0.2) is 5.51 Å². The standard InChI is InChI=1S/C14H15F3S/c1-4-11-6-8-12(7-5-10(2)3)13(9-11)18-14(15,16)17/h6,8-10H,4H2,1-3H3. The quantitative estimate of drug-likeness (QED) is 0.547. The number of rotatable bonds is 2. The predicted octanol–water partition coefficient (Wildman–Crippen LogP) is 4.87. The molecule has 0 radical (unpaired) electrons. The topological polar surface area (TPSA) is 0 Å². The third-order valence-corrected chi connectivity index (χ3v) is 2.96. The van der Waals surface area contributed by atoms with E-state index in [-0.39, 0.29) is 22.6 Å². The van der Waals surface area contributed by atoms with Gasteiger partial charge in [-0.25, -0.2) is 0 Å². The lowest BCUT2D eigenvalue weighted by Gasteiger charge is -2.09. The second-order valence-corrected chi connectivity index (χ2v) is 5.26. The molecule has 4 heteroatoms. The van der Waals surface area contributed by atoms with E-state index in [1.165, 1.54) is 0 Å². The number of aryl methyl sites for hydroxylation is 1. The minimum absolute atomic E-state index is 0.0939. The summed E-state index contributed by atoms with van der Waals surface area (Å²) in [7, 11) is 0. The zero-order valence-electron chi connectivity index (χ0n) is 10.6. The highest BCUT2D eigenvalue weighted by atomic mass is 32.2. The van der Waals surface area contributed by atoms with Crippen LogP contribution >= 0.6 is 11.8 Å². The lowest BCUT2D eigenvalue weighted by atomic mass is 10.1. The lowest BCUT2D eigenvalue weighted by Crippen LogP contribution is -2.01. The van der Waals surface area contributed by atoms with E-state index in [0.717, 1.165) is 5.56 Å². The summed E-state index contributed by atoms with van der Waals surface area (Å²) in [5.41, 5.74) is -2.94. The molecule has 0 saturated heterocycles. The molecule has 0 unspecified atom stereocenters. The summed E-state index contributed by atoms with van der Waals surface area (Å²) >= 11 is -0.0939. The average molecular weight is 272 g/mol. The van der Waals surface area contributed by atoms with Gasteiger partial charge in [0.1, 0.15) is 0 Å². The fourth-order valence-electron chi connectivity index (χ4n) is 1.32. The Balaban J connectivity index is 3.13.